The zero-order chi connectivity index (χ0) is 13.2. The third-order valence-corrected chi connectivity index (χ3v) is 2.86. The van der Waals surface area contributed by atoms with Gasteiger partial charge in [0.2, 0.25) is 0 Å². The second-order valence-electron chi connectivity index (χ2n) is 3.31. The maximum Gasteiger partial charge on any atom is 0.351 e. The molecule has 1 rings (SSSR count). The fourth-order valence-corrected chi connectivity index (χ4v) is 2.13. The first-order chi connectivity index (χ1) is 7.93. The summed E-state index contributed by atoms with van der Waals surface area (Å²) < 4.78 is 0. The van der Waals surface area contributed by atoms with E-state index in [1.54, 1.807) is 0 Å². The Morgan fingerprint density at radius 3 is 2.00 bits per heavy atom. The first-order valence-electron chi connectivity index (χ1n) is 4.50. The number of benzene rings is 1. The van der Waals surface area contributed by atoms with Crippen molar-refractivity contribution in [3.63, 3.8) is 0 Å². The highest BCUT2D eigenvalue weighted by Gasteiger charge is 2.32. The molecule has 0 saturated carbocycles. The van der Waals surface area contributed by atoms with Gasteiger partial charge in [0.25, 0.3) is 0 Å². The summed E-state index contributed by atoms with van der Waals surface area (Å²) in [7, 11) is 0. The van der Waals surface area contributed by atoms with Crippen LogP contribution in [0, 0.1) is 27.2 Å². The van der Waals surface area contributed by atoms with Gasteiger partial charge in [0.15, 0.2) is 0 Å². The standard InChI is InChI=1S/C9H8Cl2N2O4/c1-5-2-6(3-10)7(4-11)9(13(16)17)8(5)12(14)15/h2H,3-4H2,1H3. The fourth-order valence-electron chi connectivity index (χ4n) is 1.59. The van der Waals surface area contributed by atoms with Gasteiger partial charge in [-0.1, -0.05) is 0 Å². The van der Waals surface area contributed by atoms with E-state index in [1.807, 2.05) is 0 Å². The maximum atomic E-state index is 10.9. The van der Waals surface area contributed by atoms with Crippen molar-refractivity contribution in [2.75, 3.05) is 0 Å². The number of halogens is 2. The molecule has 0 aromatic heterocycles. The Morgan fingerprint density at radius 2 is 1.65 bits per heavy atom. The van der Waals surface area contributed by atoms with Gasteiger partial charge in [-0.2, -0.15) is 0 Å². The third kappa shape index (κ3) is 2.48. The lowest BCUT2D eigenvalue weighted by Gasteiger charge is -2.07. The Morgan fingerprint density at radius 1 is 1.12 bits per heavy atom. The molecule has 0 N–H and O–H groups in total. The van der Waals surface area contributed by atoms with Gasteiger partial charge in [-0.05, 0) is 18.6 Å². The van der Waals surface area contributed by atoms with Crippen molar-refractivity contribution < 1.29 is 9.85 Å². The number of rotatable bonds is 4. The van der Waals surface area contributed by atoms with Gasteiger partial charge in [-0.25, -0.2) is 0 Å². The monoisotopic (exact) mass is 278 g/mol. The van der Waals surface area contributed by atoms with Gasteiger partial charge in [0, 0.05) is 11.4 Å². The van der Waals surface area contributed by atoms with Gasteiger partial charge >= 0.3 is 11.4 Å². The number of nitro benzene ring substituents is 2. The Balaban J connectivity index is 3.73. The molecule has 6 nitrogen and oxygen atoms in total. The first-order valence-corrected chi connectivity index (χ1v) is 5.57. The molecule has 0 heterocycles. The van der Waals surface area contributed by atoms with Crippen LogP contribution in [0.15, 0.2) is 6.07 Å². The second kappa shape index (κ2) is 5.29. The van der Waals surface area contributed by atoms with Crippen LogP contribution < -0.4 is 0 Å². The van der Waals surface area contributed by atoms with Crippen LogP contribution in [0.3, 0.4) is 0 Å². The minimum Gasteiger partial charge on any atom is -0.258 e. The van der Waals surface area contributed by atoms with Gasteiger partial charge in [0.05, 0.1) is 21.3 Å². The van der Waals surface area contributed by atoms with E-state index >= 15 is 0 Å². The molecule has 92 valence electrons. The molecule has 0 aliphatic heterocycles. The van der Waals surface area contributed by atoms with Crippen molar-refractivity contribution in [1.82, 2.24) is 0 Å². The Labute approximate surface area is 106 Å². The van der Waals surface area contributed by atoms with Crippen molar-refractivity contribution in [2.45, 2.75) is 18.7 Å². The number of aryl methyl sites for hydroxylation is 1. The van der Waals surface area contributed by atoms with Crippen molar-refractivity contribution >= 4 is 34.6 Å². The predicted octanol–water partition coefficient (Wildman–Crippen LogP) is 3.29. The quantitative estimate of drug-likeness (QED) is 0.480. The predicted molar refractivity (Wildman–Crippen MR) is 63.6 cm³/mol. The van der Waals surface area contributed by atoms with Crippen LogP contribution in [0.25, 0.3) is 0 Å². The number of hydrogen-bond acceptors (Lipinski definition) is 4. The smallest absolute Gasteiger partial charge is 0.258 e. The summed E-state index contributed by atoms with van der Waals surface area (Å²) >= 11 is 11.2. The highest BCUT2D eigenvalue weighted by Crippen LogP contribution is 2.37. The molecule has 0 spiro atoms. The van der Waals surface area contributed by atoms with Crippen molar-refractivity contribution in [3.8, 4) is 0 Å². The zero-order valence-corrected chi connectivity index (χ0v) is 10.3. The molecule has 8 heteroatoms. The van der Waals surface area contributed by atoms with Gasteiger partial charge in [-0.3, -0.25) is 20.2 Å². The van der Waals surface area contributed by atoms with Crippen molar-refractivity contribution in [2.24, 2.45) is 0 Å². The average molecular weight is 279 g/mol. The van der Waals surface area contributed by atoms with E-state index in [9.17, 15) is 20.2 Å². The van der Waals surface area contributed by atoms with Gasteiger partial charge in [-0.15, -0.1) is 23.2 Å². The SMILES string of the molecule is Cc1cc(CCl)c(CCl)c([N+](=O)[O-])c1[N+](=O)[O-]. The number of hydrogen-bond donors (Lipinski definition) is 0. The lowest BCUT2D eigenvalue weighted by Crippen LogP contribution is -2.05. The molecule has 17 heavy (non-hydrogen) atoms. The zero-order valence-electron chi connectivity index (χ0n) is 8.77. The molecule has 0 aliphatic rings. The molecule has 0 unspecified atom stereocenters. The Kier molecular flexibility index (Phi) is 4.25. The largest absolute Gasteiger partial charge is 0.351 e. The topological polar surface area (TPSA) is 86.3 Å². The molecule has 0 aliphatic carbocycles. The molecule has 0 atom stereocenters. The van der Waals surface area contributed by atoms with E-state index in [4.69, 9.17) is 23.2 Å². The minimum atomic E-state index is -0.793. The molecule has 0 bridgehead atoms. The summed E-state index contributed by atoms with van der Waals surface area (Å²) in [5, 5.41) is 21.8. The average Bonchev–Trinajstić information content (AvgIpc) is 2.26. The summed E-state index contributed by atoms with van der Waals surface area (Å²) in [6.45, 7) is 1.43. The lowest BCUT2D eigenvalue weighted by atomic mass is 10.0. The first kappa shape index (κ1) is 13.7. The van der Waals surface area contributed by atoms with Gasteiger partial charge in [0.1, 0.15) is 0 Å². The molecule has 0 saturated heterocycles. The van der Waals surface area contributed by atoms with E-state index in [1.165, 1.54) is 13.0 Å². The number of alkyl halides is 2. The van der Waals surface area contributed by atoms with Crippen molar-refractivity contribution in [1.29, 1.82) is 0 Å². The maximum absolute atomic E-state index is 10.9. The number of nitrogens with zero attached hydrogens (tertiary/aromatic N) is 2. The van der Waals surface area contributed by atoms with Crippen LogP contribution in [0.1, 0.15) is 16.7 Å². The van der Waals surface area contributed by atoms with Crippen LogP contribution in [-0.4, -0.2) is 9.85 Å². The van der Waals surface area contributed by atoms with E-state index in [-0.39, 0.29) is 22.9 Å². The summed E-state index contributed by atoms with van der Waals surface area (Å²) in [4.78, 5) is 20.2. The van der Waals surface area contributed by atoms with Crippen LogP contribution >= 0.6 is 23.2 Å². The van der Waals surface area contributed by atoms with E-state index in [2.05, 4.69) is 0 Å². The molecule has 0 radical (unpaired) electrons. The normalized spacial score (nSPS) is 10.3. The highest BCUT2D eigenvalue weighted by molar-refractivity contribution is 6.19. The molecule has 1 aromatic rings. The Hall–Kier alpha value is -1.40. The van der Waals surface area contributed by atoms with Crippen LogP contribution in [0.4, 0.5) is 11.4 Å². The third-order valence-electron chi connectivity index (χ3n) is 2.30. The van der Waals surface area contributed by atoms with Gasteiger partial charge < -0.3 is 0 Å². The summed E-state index contributed by atoms with van der Waals surface area (Å²) in [6, 6.07) is 1.45. The number of nitro groups is 2. The van der Waals surface area contributed by atoms with Crippen LogP contribution in [-0.2, 0) is 11.8 Å². The van der Waals surface area contributed by atoms with E-state index in [0.29, 0.717) is 5.56 Å². The van der Waals surface area contributed by atoms with Crippen LogP contribution in [0.5, 0.6) is 0 Å². The fraction of sp³-hybridized carbons (Fsp3) is 0.333. The van der Waals surface area contributed by atoms with E-state index in [0.717, 1.165) is 0 Å². The van der Waals surface area contributed by atoms with E-state index < -0.39 is 21.2 Å². The molecule has 1 aromatic carbocycles. The summed E-state index contributed by atoms with van der Waals surface area (Å²) in [6.07, 6.45) is 0. The Bertz CT molecular complexity index is 490. The summed E-state index contributed by atoms with van der Waals surface area (Å²) in [5.41, 5.74) is -0.355. The summed E-state index contributed by atoms with van der Waals surface area (Å²) in [5.74, 6) is -0.179. The highest BCUT2D eigenvalue weighted by atomic mass is 35.5. The van der Waals surface area contributed by atoms with Crippen LogP contribution in [0.2, 0.25) is 0 Å². The van der Waals surface area contributed by atoms with Crippen molar-refractivity contribution in [3.05, 3.63) is 43.0 Å². The molecular weight excluding hydrogens is 271 g/mol. The lowest BCUT2D eigenvalue weighted by molar-refractivity contribution is -0.423. The molecule has 0 fully saturated rings. The molecular formula is C9H8Cl2N2O4. The molecule has 0 amide bonds. The minimum absolute atomic E-state index is 0.0156. The second-order valence-corrected chi connectivity index (χ2v) is 3.84.